The number of ether oxygens (including phenoxy) is 1. The molecule has 0 amide bonds. The summed E-state index contributed by atoms with van der Waals surface area (Å²) >= 11 is 0. The van der Waals surface area contributed by atoms with Gasteiger partial charge in [0.1, 0.15) is 6.61 Å². The molecule has 15 heavy (non-hydrogen) atoms. The number of hydrogen-bond donors (Lipinski definition) is 0. The van der Waals surface area contributed by atoms with Crippen LogP contribution in [0.15, 0.2) is 30.3 Å². The van der Waals surface area contributed by atoms with Crippen molar-refractivity contribution in [3.63, 3.8) is 0 Å². The fourth-order valence-corrected chi connectivity index (χ4v) is 1.76. The molecule has 0 aliphatic rings. The molecule has 0 N–H and O–H groups in total. The molecule has 5 heteroatoms. The lowest BCUT2D eigenvalue weighted by Gasteiger charge is -1.93. The quantitative estimate of drug-likeness (QED) is 0.566. The Hall–Kier alpha value is -1.25. The van der Waals surface area contributed by atoms with Gasteiger partial charge < -0.3 is 4.74 Å². The van der Waals surface area contributed by atoms with Crippen LogP contribution in [0.2, 0.25) is 0 Å². The molecule has 1 rings (SSSR count). The van der Waals surface area contributed by atoms with Gasteiger partial charge in [-0.05, 0) is 16.7 Å². The molecule has 0 radical (unpaired) electrons. The maximum atomic E-state index is 11.5. The molecule has 0 aliphatic carbocycles. The van der Waals surface area contributed by atoms with Crippen LogP contribution in [-0.4, -0.2) is 19.7 Å². The molecular weight excluding hydrogens is 215 g/mol. The maximum Gasteiger partial charge on any atom is 0.548 e. The lowest BCUT2D eigenvalue weighted by Crippen LogP contribution is -2.05. The van der Waals surface area contributed by atoms with E-state index in [1.54, 1.807) is 24.3 Å². The smallest absolute Gasteiger partial charge is 0.469 e. The Bertz CT molecular complexity index is 337. The van der Waals surface area contributed by atoms with E-state index in [2.05, 4.69) is 4.74 Å². The van der Waals surface area contributed by atoms with E-state index >= 15 is 0 Å². The molecule has 0 bridgehead atoms. The molecule has 4 nitrogen and oxygen atoms in total. The molecule has 0 saturated carbocycles. The van der Waals surface area contributed by atoms with Crippen LogP contribution in [0.25, 0.3) is 0 Å². The van der Waals surface area contributed by atoms with Crippen molar-refractivity contribution in [2.45, 2.75) is 6.42 Å². The summed E-state index contributed by atoms with van der Waals surface area (Å²) in [5.74, 6) is -0.369. The fraction of sp³-hybridized carbons (Fsp3) is 0.300. The molecule has 1 aromatic rings. The summed E-state index contributed by atoms with van der Waals surface area (Å²) in [5, 5.41) is 0.623. The average molecular weight is 227 g/mol. The largest absolute Gasteiger partial charge is 0.548 e. The molecule has 0 aromatic heterocycles. The Morgan fingerprint density at radius 1 is 1.33 bits per heavy atom. The van der Waals surface area contributed by atoms with E-state index in [9.17, 15) is 9.36 Å². The van der Waals surface area contributed by atoms with Crippen molar-refractivity contribution in [2.75, 3.05) is 13.7 Å². The third-order valence-electron chi connectivity index (χ3n) is 1.71. The Balaban J connectivity index is 2.34. The van der Waals surface area contributed by atoms with Crippen LogP contribution in [0.5, 0.6) is 0 Å². The van der Waals surface area contributed by atoms with E-state index in [-0.39, 0.29) is 19.0 Å². The summed E-state index contributed by atoms with van der Waals surface area (Å²) in [5.41, 5.74) is 0. The average Bonchev–Trinajstić information content (AvgIpc) is 2.29. The lowest BCUT2D eigenvalue weighted by atomic mass is 10.4. The third-order valence-corrected chi connectivity index (χ3v) is 2.85. The minimum atomic E-state index is -1.87. The number of benzene rings is 1. The van der Waals surface area contributed by atoms with Gasteiger partial charge in [0.15, 0.2) is 0 Å². The summed E-state index contributed by atoms with van der Waals surface area (Å²) in [6.07, 6.45) is 0.115. The number of methoxy groups -OCH3 is 1. The SMILES string of the molecule is COC(=O)CCO[P+](=O)c1ccccc1. The van der Waals surface area contributed by atoms with Crippen LogP contribution in [-0.2, 0) is 18.6 Å². The predicted octanol–water partition coefficient (Wildman–Crippen LogP) is 1.63. The minimum Gasteiger partial charge on any atom is -0.469 e. The summed E-state index contributed by atoms with van der Waals surface area (Å²) in [6.45, 7) is 0.108. The van der Waals surface area contributed by atoms with Crippen molar-refractivity contribution < 1.29 is 18.6 Å². The zero-order chi connectivity index (χ0) is 11.1. The van der Waals surface area contributed by atoms with Crippen LogP contribution < -0.4 is 5.30 Å². The van der Waals surface area contributed by atoms with Crippen molar-refractivity contribution in [1.29, 1.82) is 0 Å². The van der Waals surface area contributed by atoms with Gasteiger partial charge in [-0.15, -0.1) is 4.52 Å². The second kappa shape index (κ2) is 6.27. The minimum absolute atomic E-state index is 0.108. The zero-order valence-corrected chi connectivity index (χ0v) is 9.28. The van der Waals surface area contributed by atoms with Gasteiger partial charge >= 0.3 is 14.0 Å². The Morgan fingerprint density at radius 3 is 2.60 bits per heavy atom. The molecule has 0 spiro atoms. The number of esters is 1. The second-order valence-electron chi connectivity index (χ2n) is 2.75. The highest BCUT2D eigenvalue weighted by Crippen LogP contribution is 2.20. The number of rotatable bonds is 5. The lowest BCUT2D eigenvalue weighted by molar-refractivity contribution is -0.141. The highest BCUT2D eigenvalue weighted by molar-refractivity contribution is 7.48. The standard InChI is InChI=1S/C10H12O4P/c1-13-10(11)7-8-14-15(12)9-5-3-2-4-6-9/h2-6H,7-8H2,1H3/q+1. The summed E-state index contributed by atoms with van der Waals surface area (Å²) in [4.78, 5) is 10.7. The number of carbonyl (C=O) groups excluding carboxylic acids is 1. The molecule has 0 fully saturated rings. The summed E-state index contributed by atoms with van der Waals surface area (Å²) < 4.78 is 20.9. The van der Waals surface area contributed by atoms with Crippen molar-refractivity contribution in [2.24, 2.45) is 0 Å². The van der Waals surface area contributed by atoms with Gasteiger partial charge in [0.25, 0.3) is 0 Å². The molecule has 0 heterocycles. The highest BCUT2D eigenvalue weighted by atomic mass is 31.1. The molecule has 1 atom stereocenters. The fourth-order valence-electron chi connectivity index (χ4n) is 0.938. The van der Waals surface area contributed by atoms with Crippen LogP contribution >= 0.6 is 8.03 Å². The van der Waals surface area contributed by atoms with Crippen molar-refractivity contribution in [3.05, 3.63) is 30.3 Å². The van der Waals surface area contributed by atoms with Gasteiger partial charge in [0, 0.05) is 0 Å². The Morgan fingerprint density at radius 2 is 2.00 bits per heavy atom. The van der Waals surface area contributed by atoms with Gasteiger partial charge in [0.2, 0.25) is 5.30 Å². The third kappa shape index (κ3) is 4.19. The molecular formula is C10H12O4P+. The number of carbonyl (C=O) groups is 1. The van der Waals surface area contributed by atoms with Crippen LogP contribution in [0.1, 0.15) is 6.42 Å². The summed E-state index contributed by atoms with van der Waals surface area (Å²) in [7, 11) is -0.564. The molecule has 80 valence electrons. The first-order chi connectivity index (χ1) is 7.24. The van der Waals surface area contributed by atoms with Crippen molar-refractivity contribution in [3.8, 4) is 0 Å². The topological polar surface area (TPSA) is 52.6 Å². The Labute approximate surface area is 89.1 Å². The van der Waals surface area contributed by atoms with E-state index in [0.717, 1.165) is 0 Å². The molecule has 1 unspecified atom stereocenters. The van der Waals surface area contributed by atoms with E-state index in [1.807, 2.05) is 6.07 Å². The first-order valence-corrected chi connectivity index (χ1v) is 5.64. The highest BCUT2D eigenvalue weighted by Gasteiger charge is 2.21. The molecule has 0 saturated heterocycles. The Kier molecular flexibility index (Phi) is 4.95. The van der Waals surface area contributed by atoms with Crippen molar-refractivity contribution in [1.82, 2.24) is 0 Å². The van der Waals surface area contributed by atoms with Crippen molar-refractivity contribution >= 4 is 19.3 Å². The maximum absolute atomic E-state index is 11.5. The second-order valence-corrected chi connectivity index (χ2v) is 4.04. The monoisotopic (exact) mass is 227 g/mol. The van der Waals surface area contributed by atoms with E-state index < -0.39 is 8.03 Å². The van der Waals surface area contributed by atoms with E-state index in [4.69, 9.17) is 4.52 Å². The predicted molar refractivity (Wildman–Crippen MR) is 56.3 cm³/mol. The molecule has 1 aromatic carbocycles. The van der Waals surface area contributed by atoms with E-state index in [0.29, 0.717) is 5.30 Å². The van der Waals surface area contributed by atoms with Crippen LogP contribution in [0, 0.1) is 0 Å². The normalized spacial score (nSPS) is 10.9. The first kappa shape index (κ1) is 11.8. The van der Waals surface area contributed by atoms with Gasteiger partial charge in [-0.25, -0.2) is 0 Å². The van der Waals surface area contributed by atoms with Gasteiger partial charge in [-0.3, -0.25) is 4.79 Å². The summed E-state index contributed by atoms with van der Waals surface area (Å²) in [6, 6.07) is 8.84. The number of hydrogen-bond acceptors (Lipinski definition) is 4. The van der Waals surface area contributed by atoms with Gasteiger partial charge in [-0.1, -0.05) is 18.2 Å². The molecule has 0 aliphatic heterocycles. The van der Waals surface area contributed by atoms with Crippen LogP contribution in [0.4, 0.5) is 0 Å². The first-order valence-electron chi connectivity index (χ1n) is 4.46. The van der Waals surface area contributed by atoms with Gasteiger partial charge in [0.05, 0.1) is 13.5 Å². The van der Waals surface area contributed by atoms with E-state index in [1.165, 1.54) is 7.11 Å². The zero-order valence-electron chi connectivity index (χ0n) is 8.38. The van der Waals surface area contributed by atoms with Gasteiger partial charge in [-0.2, -0.15) is 0 Å². The van der Waals surface area contributed by atoms with Crippen LogP contribution in [0.3, 0.4) is 0 Å².